The average Bonchev–Trinajstić information content (AvgIpc) is 3.30. The predicted octanol–water partition coefficient (Wildman–Crippen LogP) is -0.121. The summed E-state index contributed by atoms with van der Waals surface area (Å²) >= 11 is 0. The van der Waals surface area contributed by atoms with E-state index in [1.807, 2.05) is 0 Å². The second kappa shape index (κ2) is 7.21. The highest BCUT2D eigenvalue weighted by atomic mass is 16.5. The lowest BCUT2D eigenvalue weighted by atomic mass is 10.2. The predicted molar refractivity (Wildman–Crippen MR) is 76.5 cm³/mol. The van der Waals surface area contributed by atoms with E-state index in [0.29, 0.717) is 11.3 Å². The molecule has 0 radical (unpaired) electrons. The standard InChI is InChI=1S/C14H15N3O5/c18-12(19)8-22-11-5-1-9(2-6-11)7-15-17-14(21)13(20)16-10-3-4-10/h1-2,5-7,10H,3-4,8H2,(H,16,20)(H,17,21)(H,18,19)/b15-7-. The molecule has 0 aromatic heterocycles. The van der Waals surface area contributed by atoms with Gasteiger partial charge in [-0.2, -0.15) is 5.10 Å². The molecule has 1 aliphatic rings. The van der Waals surface area contributed by atoms with Crippen molar-refractivity contribution in [3.63, 3.8) is 0 Å². The molecule has 0 atom stereocenters. The topological polar surface area (TPSA) is 117 Å². The molecule has 1 aliphatic carbocycles. The van der Waals surface area contributed by atoms with Crippen molar-refractivity contribution in [3.8, 4) is 5.75 Å². The van der Waals surface area contributed by atoms with E-state index in [1.165, 1.54) is 6.21 Å². The van der Waals surface area contributed by atoms with Crippen LogP contribution in [0.1, 0.15) is 18.4 Å². The average molecular weight is 305 g/mol. The summed E-state index contributed by atoms with van der Waals surface area (Å²) in [4.78, 5) is 33.1. The Morgan fingerprint density at radius 3 is 2.50 bits per heavy atom. The van der Waals surface area contributed by atoms with Gasteiger partial charge < -0.3 is 15.2 Å². The Bertz CT molecular complexity index is 593. The van der Waals surface area contributed by atoms with E-state index in [-0.39, 0.29) is 6.04 Å². The number of nitrogens with zero attached hydrogens (tertiary/aromatic N) is 1. The number of hydrogen-bond acceptors (Lipinski definition) is 5. The first-order valence-corrected chi connectivity index (χ1v) is 6.63. The van der Waals surface area contributed by atoms with Crippen LogP contribution in [0.25, 0.3) is 0 Å². The minimum absolute atomic E-state index is 0.112. The molecule has 2 amide bonds. The number of carbonyl (C=O) groups excluding carboxylic acids is 2. The maximum absolute atomic E-state index is 11.4. The number of amides is 2. The van der Waals surface area contributed by atoms with Gasteiger partial charge in [0.05, 0.1) is 6.21 Å². The number of nitrogens with one attached hydrogen (secondary N) is 2. The van der Waals surface area contributed by atoms with E-state index in [9.17, 15) is 14.4 Å². The first kappa shape index (κ1) is 15.5. The van der Waals surface area contributed by atoms with Crippen molar-refractivity contribution in [3.05, 3.63) is 29.8 Å². The fourth-order valence-electron chi connectivity index (χ4n) is 1.49. The van der Waals surface area contributed by atoms with E-state index in [2.05, 4.69) is 15.8 Å². The number of ether oxygens (including phenoxy) is 1. The van der Waals surface area contributed by atoms with Gasteiger partial charge in [-0.1, -0.05) is 0 Å². The van der Waals surface area contributed by atoms with Crippen LogP contribution in [0.4, 0.5) is 0 Å². The zero-order valence-corrected chi connectivity index (χ0v) is 11.6. The minimum atomic E-state index is -1.06. The third-order valence-electron chi connectivity index (χ3n) is 2.74. The van der Waals surface area contributed by atoms with Crippen LogP contribution >= 0.6 is 0 Å². The van der Waals surface area contributed by atoms with Crippen LogP contribution < -0.4 is 15.5 Å². The molecule has 0 heterocycles. The fourth-order valence-corrected chi connectivity index (χ4v) is 1.49. The molecule has 0 saturated heterocycles. The Labute approximate surface area is 126 Å². The molecule has 0 spiro atoms. The van der Waals surface area contributed by atoms with Crippen molar-refractivity contribution in [1.82, 2.24) is 10.7 Å². The number of carbonyl (C=O) groups is 3. The van der Waals surface area contributed by atoms with Crippen molar-refractivity contribution in [1.29, 1.82) is 0 Å². The van der Waals surface area contributed by atoms with Crippen molar-refractivity contribution in [2.45, 2.75) is 18.9 Å². The molecule has 22 heavy (non-hydrogen) atoms. The first-order chi connectivity index (χ1) is 10.5. The number of aliphatic carboxylic acids is 1. The molecule has 116 valence electrons. The van der Waals surface area contributed by atoms with E-state index in [4.69, 9.17) is 9.84 Å². The van der Waals surface area contributed by atoms with Crippen molar-refractivity contribution >= 4 is 24.0 Å². The number of hydrogen-bond donors (Lipinski definition) is 3. The van der Waals surface area contributed by atoms with Gasteiger partial charge in [0.15, 0.2) is 6.61 Å². The van der Waals surface area contributed by atoms with Crippen LogP contribution in [-0.2, 0) is 14.4 Å². The Kier molecular flexibility index (Phi) is 5.07. The van der Waals surface area contributed by atoms with Gasteiger partial charge in [0, 0.05) is 6.04 Å². The van der Waals surface area contributed by atoms with Gasteiger partial charge in [0.1, 0.15) is 5.75 Å². The second-order valence-electron chi connectivity index (χ2n) is 4.70. The van der Waals surface area contributed by atoms with E-state index in [1.54, 1.807) is 24.3 Å². The molecule has 8 nitrogen and oxygen atoms in total. The lowest BCUT2D eigenvalue weighted by Crippen LogP contribution is -2.38. The van der Waals surface area contributed by atoms with Crippen LogP contribution in [0.15, 0.2) is 29.4 Å². The van der Waals surface area contributed by atoms with Crippen LogP contribution in [0.2, 0.25) is 0 Å². The Balaban J connectivity index is 1.78. The molecule has 3 N–H and O–H groups in total. The summed E-state index contributed by atoms with van der Waals surface area (Å²) in [5.74, 6) is -2.16. The summed E-state index contributed by atoms with van der Waals surface area (Å²) in [5.41, 5.74) is 2.79. The van der Waals surface area contributed by atoms with Crippen LogP contribution in [0.5, 0.6) is 5.75 Å². The molecular weight excluding hydrogens is 290 g/mol. The van der Waals surface area contributed by atoms with Gasteiger partial charge >= 0.3 is 17.8 Å². The molecular formula is C14H15N3O5. The first-order valence-electron chi connectivity index (χ1n) is 6.63. The van der Waals surface area contributed by atoms with Gasteiger partial charge in [0.2, 0.25) is 0 Å². The quantitative estimate of drug-likeness (QED) is 0.385. The largest absolute Gasteiger partial charge is 0.482 e. The third-order valence-corrected chi connectivity index (χ3v) is 2.74. The maximum atomic E-state index is 11.4. The van der Waals surface area contributed by atoms with E-state index >= 15 is 0 Å². The van der Waals surface area contributed by atoms with Crippen LogP contribution in [0, 0.1) is 0 Å². The summed E-state index contributed by atoms with van der Waals surface area (Å²) < 4.78 is 4.97. The Hall–Kier alpha value is -2.90. The highest BCUT2D eigenvalue weighted by molar-refractivity contribution is 6.35. The van der Waals surface area contributed by atoms with Gasteiger partial charge in [-0.25, -0.2) is 10.2 Å². The monoisotopic (exact) mass is 305 g/mol. The SMILES string of the molecule is O=C(O)COc1ccc(/C=N\NC(=O)C(=O)NC2CC2)cc1. The maximum Gasteiger partial charge on any atom is 0.341 e. The van der Waals surface area contributed by atoms with Crippen LogP contribution in [-0.4, -0.2) is 41.8 Å². The molecule has 1 fully saturated rings. The number of carboxylic acid groups (broad SMARTS) is 1. The van der Waals surface area contributed by atoms with Gasteiger partial charge in [0.25, 0.3) is 0 Å². The summed E-state index contributed by atoms with van der Waals surface area (Å²) in [6.07, 6.45) is 3.17. The van der Waals surface area contributed by atoms with E-state index in [0.717, 1.165) is 12.8 Å². The van der Waals surface area contributed by atoms with Gasteiger partial charge in [-0.3, -0.25) is 9.59 Å². The summed E-state index contributed by atoms with van der Waals surface area (Å²) in [5, 5.41) is 14.7. The molecule has 8 heteroatoms. The Morgan fingerprint density at radius 2 is 1.91 bits per heavy atom. The molecule has 2 rings (SSSR count). The molecule has 1 aromatic rings. The lowest BCUT2D eigenvalue weighted by molar-refractivity contribution is -0.139. The number of benzene rings is 1. The highest BCUT2D eigenvalue weighted by Gasteiger charge is 2.26. The Morgan fingerprint density at radius 1 is 1.23 bits per heavy atom. The van der Waals surface area contributed by atoms with Crippen molar-refractivity contribution in [2.24, 2.45) is 5.10 Å². The van der Waals surface area contributed by atoms with Gasteiger partial charge in [-0.05, 0) is 42.7 Å². The number of rotatable bonds is 6. The van der Waals surface area contributed by atoms with Crippen molar-refractivity contribution in [2.75, 3.05) is 6.61 Å². The number of carboxylic acids is 1. The summed E-state index contributed by atoms with van der Waals surface area (Å²) in [6.45, 7) is -0.417. The normalized spacial score (nSPS) is 13.6. The molecule has 0 aliphatic heterocycles. The fraction of sp³-hybridized carbons (Fsp3) is 0.286. The minimum Gasteiger partial charge on any atom is -0.482 e. The van der Waals surface area contributed by atoms with Crippen LogP contribution in [0.3, 0.4) is 0 Å². The molecule has 0 unspecified atom stereocenters. The zero-order valence-electron chi connectivity index (χ0n) is 11.6. The van der Waals surface area contributed by atoms with Gasteiger partial charge in [-0.15, -0.1) is 0 Å². The number of hydrazone groups is 1. The molecule has 1 saturated carbocycles. The highest BCUT2D eigenvalue weighted by Crippen LogP contribution is 2.18. The summed E-state index contributed by atoms with van der Waals surface area (Å²) in [6, 6.07) is 6.53. The molecule has 1 aromatic carbocycles. The summed E-state index contributed by atoms with van der Waals surface area (Å²) in [7, 11) is 0. The van der Waals surface area contributed by atoms with Crippen molar-refractivity contribution < 1.29 is 24.2 Å². The second-order valence-corrected chi connectivity index (χ2v) is 4.70. The zero-order chi connectivity index (χ0) is 15.9. The lowest BCUT2D eigenvalue weighted by Gasteiger charge is -2.03. The van der Waals surface area contributed by atoms with E-state index < -0.39 is 24.4 Å². The smallest absolute Gasteiger partial charge is 0.341 e. The third kappa shape index (κ3) is 5.23. The molecule has 0 bridgehead atoms.